The van der Waals surface area contributed by atoms with Crippen LogP contribution in [0.15, 0.2) is 12.0 Å². The third-order valence-corrected chi connectivity index (χ3v) is 1.56. The molecule has 1 heterocycles. The van der Waals surface area contributed by atoms with E-state index in [2.05, 4.69) is 8.91 Å². The van der Waals surface area contributed by atoms with Crippen molar-refractivity contribution in [1.82, 2.24) is 4.72 Å². The van der Waals surface area contributed by atoms with Crippen LogP contribution in [-0.4, -0.2) is 8.42 Å². The molecule has 4 nitrogen and oxygen atoms in total. The minimum absolute atomic E-state index is 0.505. The second-order valence-electron chi connectivity index (χ2n) is 1.45. The maximum atomic E-state index is 10.3. The van der Waals surface area contributed by atoms with Crippen LogP contribution < -0.4 is 4.72 Å². The Morgan fingerprint density at radius 1 is 1.75 bits per heavy atom. The van der Waals surface area contributed by atoms with Gasteiger partial charge in [-0.1, -0.05) is 0 Å². The van der Waals surface area contributed by atoms with Crippen molar-refractivity contribution in [3.05, 3.63) is 12.0 Å². The highest BCUT2D eigenvalue weighted by atomic mass is 32.2. The van der Waals surface area contributed by atoms with Gasteiger partial charge in [-0.3, -0.25) is 4.72 Å². The second-order valence-corrected chi connectivity index (χ2v) is 2.76. The maximum Gasteiger partial charge on any atom is 0.406 e. The Morgan fingerprint density at radius 3 is 2.50 bits per heavy atom. The monoisotopic (exact) mass is 135 g/mol. The largest absolute Gasteiger partial charge is 0.406 e. The lowest BCUT2D eigenvalue weighted by Crippen LogP contribution is -2.15. The maximum absolute atomic E-state index is 10.3. The molecule has 0 aromatic heterocycles. The zero-order valence-electron chi connectivity index (χ0n) is 4.21. The first-order valence-corrected chi connectivity index (χ1v) is 3.39. The minimum atomic E-state index is -3.44. The predicted octanol–water partition coefficient (Wildman–Crippen LogP) is -0.288. The third-order valence-electron chi connectivity index (χ3n) is 0.638. The first-order valence-electron chi connectivity index (χ1n) is 1.98. The third kappa shape index (κ3) is 0.919. The summed E-state index contributed by atoms with van der Waals surface area (Å²) in [7, 11) is -3.44. The normalized spacial score (nSPS) is 23.4. The molecular weight excluding hydrogens is 130 g/mol. The molecule has 0 spiro atoms. The smallest absolute Gasteiger partial charge is 0.373 e. The van der Waals surface area contributed by atoms with Gasteiger partial charge in [-0.15, -0.1) is 0 Å². The highest BCUT2D eigenvalue weighted by Gasteiger charge is 2.15. The molecule has 8 heavy (non-hydrogen) atoms. The van der Waals surface area contributed by atoms with Crippen molar-refractivity contribution in [3.8, 4) is 0 Å². The van der Waals surface area contributed by atoms with Gasteiger partial charge in [-0.05, 0) is 6.92 Å². The van der Waals surface area contributed by atoms with Gasteiger partial charge in [0.1, 0.15) is 6.26 Å². The Hall–Kier alpha value is -0.710. The van der Waals surface area contributed by atoms with Crippen LogP contribution in [0.4, 0.5) is 0 Å². The molecule has 0 saturated carbocycles. The Kier molecular flexibility index (Phi) is 0.937. The molecule has 0 unspecified atom stereocenters. The summed E-state index contributed by atoms with van der Waals surface area (Å²) in [4.78, 5) is 0. The van der Waals surface area contributed by atoms with E-state index < -0.39 is 10.3 Å². The lowest BCUT2D eigenvalue weighted by molar-refractivity contribution is 0.453. The van der Waals surface area contributed by atoms with E-state index in [0.717, 1.165) is 6.26 Å². The summed E-state index contributed by atoms with van der Waals surface area (Å²) >= 11 is 0. The quantitative estimate of drug-likeness (QED) is 0.496. The molecular formula is C3H5NO3S. The van der Waals surface area contributed by atoms with E-state index in [1.165, 1.54) is 0 Å². The molecule has 0 radical (unpaired) electrons. The van der Waals surface area contributed by atoms with Gasteiger partial charge in [-0.2, -0.15) is 8.42 Å². The van der Waals surface area contributed by atoms with Gasteiger partial charge < -0.3 is 4.18 Å². The minimum Gasteiger partial charge on any atom is -0.373 e. The molecule has 0 aromatic carbocycles. The van der Waals surface area contributed by atoms with Crippen molar-refractivity contribution in [2.24, 2.45) is 0 Å². The van der Waals surface area contributed by atoms with Gasteiger partial charge in [0.25, 0.3) is 0 Å². The Morgan fingerprint density at radius 2 is 2.38 bits per heavy atom. The summed E-state index contributed by atoms with van der Waals surface area (Å²) in [5.41, 5.74) is 0.505. The van der Waals surface area contributed by atoms with E-state index >= 15 is 0 Å². The fourth-order valence-electron chi connectivity index (χ4n) is 0.381. The van der Waals surface area contributed by atoms with E-state index in [-0.39, 0.29) is 0 Å². The number of hydrogen-bond acceptors (Lipinski definition) is 3. The highest BCUT2D eigenvalue weighted by Crippen LogP contribution is 2.03. The fraction of sp³-hybridized carbons (Fsp3) is 0.333. The first-order chi connectivity index (χ1) is 3.60. The summed E-state index contributed by atoms with van der Waals surface area (Å²) in [6.07, 6.45) is 1.15. The Labute approximate surface area is 47.4 Å². The number of allylic oxidation sites excluding steroid dienone is 1. The molecule has 46 valence electrons. The molecule has 0 aliphatic carbocycles. The van der Waals surface area contributed by atoms with Crippen LogP contribution >= 0.6 is 0 Å². The number of hydrogen-bond donors (Lipinski definition) is 1. The fourth-order valence-corrected chi connectivity index (χ4v) is 1.14. The van der Waals surface area contributed by atoms with Crippen molar-refractivity contribution in [2.75, 3.05) is 0 Å². The zero-order valence-corrected chi connectivity index (χ0v) is 5.03. The van der Waals surface area contributed by atoms with Crippen LogP contribution in [0.25, 0.3) is 0 Å². The molecule has 1 aliphatic rings. The van der Waals surface area contributed by atoms with Crippen molar-refractivity contribution < 1.29 is 12.6 Å². The average Bonchev–Trinajstić information content (AvgIpc) is 1.82. The summed E-state index contributed by atoms with van der Waals surface area (Å²) < 4.78 is 26.8. The van der Waals surface area contributed by atoms with E-state index in [1.807, 2.05) is 0 Å². The molecule has 0 bridgehead atoms. The second kappa shape index (κ2) is 1.38. The molecule has 0 amide bonds. The average molecular weight is 135 g/mol. The summed E-state index contributed by atoms with van der Waals surface area (Å²) in [6, 6.07) is 0. The lowest BCUT2D eigenvalue weighted by atomic mass is 10.6. The van der Waals surface area contributed by atoms with Crippen LogP contribution in [0.1, 0.15) is 6.92 Å². The van der Waals surface area contributed by atoms with Gasteiger partial charge in [0.05, 0.1) is 5.70 Å². The molecule has 0 saturated heterocycles. The Bertz CT molecular complexity index is 215. The van der Waals surface area contributed by atoms with Gasteiger partial charge in [-0.25, -0.2) is 0 Å². The van der Waals surface area contributed by atoms with Crippen LogP contribution in [0.5, 0.6) is 0 Å². The van der Waals surface area contributed by atoms with Gasteiger partial charge in [0.2, 0.25) is 0 Å². The Balaban J connectivity index is 2.85. The SMILES string of the molecule is CC1=COS(=O)(=O)N1. The lowest BCUT2D eigenvalue weighted by Gasteiger charge is -1.90. The van der Waals surface area contributed by atoms with Crippen molar-refractivity contribution in [2.45, 2.75) is 6.92 Å². The number of nitrogens with one attached hydrogen (secondary N) is 1. The molecule has 1 aliphatic heterocycles. The van der Waals surface area contributed by atoms with Crippen LogP contribution in [0.2, 0.25) is 0 Å². The van der Waals surface area contributed by atoms with Crippen LogP contribution in [0, 0.1) is 0 Å². The van der Waals surface area contributed by atoms with E-state index in [1.54, 1.807) is 6.92 Å². The highest BCUT2D eigenvalue weighted by molar-refractivity contribution is 7.85. The molecule has 0 atom stereocenters. The molecule has 5 heteroatoms. The van der Waals surface area contributed by atoms with E-state index in [0.29, 0.717) is 5.70 Å². The first kappa shape index (κ1) is 5.43. The predicted molar refractivity (Wildman–Crippen MR) is 26.9 cm³/mol. The van der Waals surface area contributed by atoms with Crippen LogP contribution in [-0.2, 0) is 14.5 Å². The molecule has 1 N–H and O–H groups in total. The van der Waals surface area contributed by atoms with E-state index in [9.17, 15) is 8.42 Å². The zero-order chi connectivity index (χ0) is 6.20. The van der Waals surface area contributed by atoms with Gasteiger partial charge >= 0.3 is 10.3 Å². The molecule has 0 fully saturated rings. The molecule has 1 rings (SSSR count). The summed E-state index contributed by atoms with van der Waals surface area (Å²) in [5.74, 6) is 0. The standard InChI is InChI=1S/C3H5NO3S/c1-3-2-7-8(5,6)4-3/h2,4H,1H3. The van der Waals surface area contributed by atoms with Crippen molar-refractivity contribution >= 4 is 10.3 Å². The van der Waals surface area contributed by atoms with E-state index in [4.69, 9.17) is 0 Å². The van der Waals surface area contributed by atoms with Crippen molar-refractivity contribution in [3.63, 3.8) is 0 Å². The van der Waals surface area contributed by atoms with Gasteiger partial charge in [0, 0.05) is 0 Å². The van der Waals surface area contributed by atoms with Crippen LogP contribution in [0.3, 0.4) is 0 Å². The molecule has 0 aromatic rings. The van der Waals surface area contributed by atoms with Crippen molar-refractivity contribution in [1.29, 1.82) is 0 Å². The van der Waals surface area contributed by atoms with Gasteiger partial charge in [0.15, 0.2) is 0 Å². The summed E-state index contributed by atoms with van der Waals surface area (Å²) in [6.45, 7) is 1.60. The number of rotatable bonds is 0. The topological polar surface area (TPSA) is 55.4 Å². The summed E-state index contributed by atoms with van der Waals surface area (Å²) in [5, 5.41) is 0.